The molecule has 5 nitrogen and oxygen atoms in total. The molecule has 21 heavy (non-hydrogen) atoms. The predicted molar refractivity (Wildman–Crippen MR) is 83.1 cm³/mol. The van der Waals surface area contributed by atoms with Gasteiger partial charge in [-0.05, 0) is 27.2 Å². The average Bonchev–Trinajstić information content (AvgIpc) is 2.41. The van der Waals surface area contributed by atoms with Gasteiger partial charge in [-0.3, -0.25) is 4.79 Å². The number of ether oxygens (including phenoxy) is 3. The number of carbonyl (C=O) groups excluding carboxylic acids is 1. The van der Waals surface area contributed by atoms with Crippen molar-refractivity contribution in [1.29, 1.82) is 0 Å². The standard InChI is InChI=1S/C16H25NO4/c1-16(2,3)21-15(18)7-6-8-20-14-10-12(17-4)9-13(11-14)19-5/h9-11,17H,6-8H2,1-5H3. The van der Waals surface area contributed by atoms with Crippen LogP contribution in [-0.2, 0) is 9.53 Å². The number of hydrogen-bond acceptors (Lipinski definition) is 5. The highest BCUT2D eigenvalue weighted by atomic mass is 16.6. The van der Waals surface area contributed by atoms with Crippen molar-refractivity contribution >= 4 is 11.7 Å². The molecule has 0 saturated carbocycles. The smallest absolute Gasteiger partial charge is 0.306 e. The van der Waals surface area contributed by atoms with Crippen molar-refractivity contribution in [2.24, 2.45) is 0 Å². The molecule has 0 amide bonds. The van der Waals surface area contributed by atoms with Crippen LogP contribution in [0, 0.1) is 0 Å². The van der Waals surface area contributed by atoms with Crippen molar-refractivity contribution in [1.82, 2.24) is 0 Å². The van der Waals surface area contributed by atoms with E-state index in [4.69, 9.17) is 14.2 Å². The summed E-state index contributed by atoms with van der Waals surface area (Å²) < 4.78 is 16.1. The zero-order chi connectivity index (χ0) is 15.9. The van der Waals surface area contributed by atoms with Gasteiger partial charge in [0.15, 0.2) is 0 Å². The number of carbonyl (C=O) groups is 1. The molecule has 1 N–H and O–H groups in total. The number of nitrogens with one attached hydrogen (secondary N) is 1. The minimum atomic E-state index is -0.438. The third-order valence-electron chi connectivity index (χ3n) is 2.62. The number of benzene rings is 1. The van der Waals surface area contributed by atoms with Gasteiger partial charge in [-0.2, -0.15) is 0 Å². The lowest BCUT2D eigenvalue weighted by molar-refractivity contribution is -0.155. The molecular formula is C16H25NO4. The Balaban J connectivity index is 2.40. The molecule has 0 fully saturated rings. The second-order valence-corrected chi connectivity index (χ2v) is 5.69. The van der Waals surface area contributed by atoms with Gasteiger partial charge < -0.3 is 19.5 Å². The molecule has 0 spiro atoms. The Hall–Kier alpha value is -1.91. The lowest BCUT2D eigenvalue weighted by Gasteiger charge is -2.19. The van der Waals surface area contributed by atoms with E-state index in [1.807, 2.05) is 46.0 Å². The molecule has 0 radical (unpaired) electrons. The fraction of sp³-hybridized carbons (Fsp3) is 0.562. The summed E-state index contributed by atoms with van der Waals surface area (Å²) in [6, 6.07) is 5.58. The zero-order valence-electron chi connectivity index (χ0n) is 13.5. The molecule has 0 atom stereocenters. The number of esters is 1. The first-order valence-electron chi connectivity index (χ1n) is 7.05. The first-order chi connectivity index (χ1) is 9.84. The summed E-state index contributed by atoms with van der Waals surface area (Å²) in [6.45, 7) is 6.03. The third kappa shape index (κ3) is 6.88. The second-order valence-electron chi connectivity index (χ2n) is 5.69. The van der Waals surface area contributed by atoms with E-state index in [9.17, 15) is 4.79 Å². The molecule has 0 heterocycles. The van der Waals surface area contributed by atoms with Gasteiger partial charge in [0.1, 0.15) is 17.1 Å². The van der Waals surface area contributed by atoms with E-state index in [1.54, 1.807) is 7.11 Å². The second kappa shape index (κ2) is 7.76. The Kier molecular flexibility index (Phi) is 6.34. The maximum absolute atomic E-state index is 11.6. The molecule has 0 aliphatic carbocycles. The highest BCUT2D eigenvalue weighted by Crippen LogP contribution is 2.25. The van der Waals surface area contributed by atoms with Crippen LogP contribution in [-0.4, -0.2) is 32.3 Å². The first-order valence-corrected chi connectivity index (χ1v) is 7.05. The maximum Gasteiger partial charge on any atom is 0.306 e. The Morgan fingerprint density at radius 3 is 2.43 bits per heavy atom. The topological polar surface area (TPSA) is 56.8 Å². The van der Waals surface area contributed by atoms with Crippen molar-refractivity contribution in [3.63, 3.8) is 0 Å². The Bertz CT molecular complexity index is 444. The van der Waals surface area contributed by atoms with Crippen LogP contribution < -0.4 is 14.8 Å². The molecule has 0 aromatic heterocycles. The number of hydrogen-bond donors (Lipinski definition) is 1. The van der Waals surface area contributed by atoms with Gasteiger partial charge in [0, 0.05) is 37.4 Å². The lowest BCUT2D eigenvalue weighted by atomic mass is 10.2. The quantitative estimate of drug-likeness (QED) is 0.618. The Morgan fingerprint density at radius 1 is 1.19 bits per heavy atom. The normalized spacial score (nSPS) is 10.9. The highest BCUT2D eigenvalue weighted by Gasteiger charge is 2.15. The predicted octanol–water partition coefficient (Wildman–Crippen LogP) is 3.24. The fourth-order valence-corrected chi connectivity index (χ4v) is 1.72. The van der Waals surface area contributed by atoms with E-state index in [0.29, 0.717) is 25.2 Å². The monoisotopic (exact) mass is 295 g/mol. The van der Waals surface area contributed by atoms with Crippen molar-refractivity contribution < 1.29 is 19.0 Å². The molecule has 1 rings (SSSR count). The van der Waals surface area contributed by atoms with Crippen LogP contribution in [0.5, 0.6) is 11.5 Å². The largest absolute Gasteiger partial charge is 0.497 e. The molecule has 0 bridgehead atoms. The molecule has 0 aliphatic rings. The van der Waals surface area contributed by atoms with Crippen molar-refractivity contribution in [3.05, 3.63) is 18.2 Å². The molecule has 0 aliphatic heterocycles. The molecule has 1 aromatic rings. The van der Waals surface area contributed by atoms with Crippen LogP contribution in [0.2, 0.25) is 0 Å². The molecule has 1 aromatic carbocycles. The van der Waals surface area contributed by atoms with Gasteiger partial charge in [0.25, 0.3) is 0 Å². The van der Waals surface area contributed by atoms with Crippen LogP contribution >= 0.6 is 0 Å². The van der Waals surface area contributed by atoms with Crippen molar-refractivity contribution in [3.8, 4) is 11.5 Å². The summed E-state index contributed by atoms with van der Waals surface area (Å²) in [5.74, 6) is 1.24. The van der Waals surface area contributed by atoms with Gasteiger partial charge in [-0.15, -0.1) is 0 Å². The zero-order valence-corrected chi connectivity index (χ0v) is 13.5. The van der Waals surface area contributed by atoms with Crippen LogP contribution in [0.4, 0.5) is 5.69 Å². The summed E-state index contributed by atoms with van der Waals surface area (Å²) in [5.41, 5.74) is 0.475. The molecule has 0 unspecified atom stereocenters. The summed E-state index contributed by atoms with van der Waals surface area (Å²) in [6.07, 6.45) is 0.959. The SMILES string of the molecule is CNc1cc(OC)cc(OCCCC(=O)OC(C)(C)C)c1. The molecular weight excluding hydrogens is 270 g/mol. The fourth-order valence-electron chi connectivity index (χ4n) is 1.72. The van der Waals surface area contributed by atoms with E-state index in [-0.39, 0.29) is 5.97 Å². The number of methoxy groups -OCH3 is 1. The Morgan fingerprint density at radius 2 is 1.86 bits per heavy atom. The van der Waals surface area contributed by atoms with E-state index in [1.165, 1.54) is 0 Å². The Labute approximate surface area is 126 Å². The average molecular weight is 295 g/mol. The van der Waals surface area contributed by atoms with E-state index in [0.717, 1.165) is 11.4 Å². The van der Waals surface area contributed by atoms with Gasteiger partial charge >= 0.3 is 5.97 Å². The molecule has 5 heteroatoms. The highest BCUT2D eigenvalue weighted by molar-refractivity contribution is 5.69. The minimum Gasteiger partial charge on any atom is -0.497 e. The van der Waals surface area contributed by atoms with Crippen molar-refractivity contribution in [2.45, 2.75) is 39.2 Å². The minimum absolute atomic E-state index is 0.201. The van der Waals surface area contributed by atoms with Crippen LogP contribution in [0.15, 0.2) is 18.2 Å². The molecule has 0 saturated heterocycles. The van der Waals surface area contributed by atoms with Gasteiger partial charge in [-0.1, -0.05) is 0 Å². The van der Waals surface area contributed by atoms with Gasteiger partial charge in [0.05, 0.1) is 13.7 Å². The molecule has 118 valence electrons. The summed E-state index contributed by atoms with van der Waals surface area (Å²) in [5, 5.41) is 3.04. The third-order valence-corrected chi connectivity index (χ3v) is 2.62. The number of rotatable bonds is 7. The number of anilines is 1. The van der Waals surface area contributed by atoms with Crippen LogP contribution in [0.3, 0.4) is 0 Å². The van der Waals surface area contributed by atoms with Crippen LogP contribution in [0.25, 0.3) is 0 Å². The van der Waals surface area contributed by atoms with Gasteiger partial charge in [-0.25, -0.2) is 0 Å². The van der Waals surface area contributed by atoms with Crippen molar-refractivity contribution in [2.75, 3.05) is 26.1 Å². The maximum atomic E-state index is 11.6. The van der Waals surface area contributed by atoms with Crippen LogP contribution in [0.1, 0.15) is 33.6 Å². The summed E-state index contributed by atoms with van der Waals surface area (Å²) >= 11 is 0. The first kappa shape index (κ1) is 17.1. The van der Waals surface area contributed by atoms with Gasteiger partial charge in [0.2, 0.25) is 0 Å². The van der Waals surface area contributed by atoms with E-state index >= 15 is 0 Å². The van der Waals surface area contributed by atoms with E-state index < -0.39 is 5.60 Å². The summed E-state index contributed by atoms with van der Waals surface area (Å²) in [7, 11) is 3.45. The lowest BCUT2D eigenvalue weighted by Crippen LogP contribution is -2.23. The summed E-state index contributed by atoms with van der Waals surface area (Å²) in [4.78, 5) is 11.6. The van der Waals surface area contributed by atoms with E-state index in [2.05, 4.69) is 5.32 Å².